The van der Waals surface area contributed by atoms with Gasteiger partial charge < -0.3 is 9.84 Å². The van der Waals surface area contributed by atoms with E-state index in [2.05, 4.69) is 33.8 Å². The molecule has 1 heterocycles. The first-order chi connectivity index (χ1) is 5.29. The molecule has 0 amide bonds. The Balaban J connectivity index is 2.14. The SMILES string of the molecule is CC(C)NCCc1ncon1. The van der Waals surface area contributed by atoms with Crippen LogP contribution >= 0.6 is 0 Å². The van der Waals surface area contributed by atoms with Crippen molar-refractivity contribution in [2.24, 2.45) is 0 Å². The molecule has 0 fully saturated rings. The minimum atomic E-state index is 0.516. The van der Waals surface area contributed by atoms with Crippen molar-refractivity contribution >= 4 is 0 Å². The molecule has 4 heteroatoms. The summed E-state index contributed by atoms with van der Waals surface area (Å²) in [5, 5.41) is 6.95. The minimum absolute atomic E-state index is 0.516. The van der Waals surface area contributed by atoms with Crippen molar-refractivity contribution in [1.82, 2.24) is 15.5 Å². The molecule has 0 spiro atoms. The zero-order valence-corrected chi connectivity index (χ0v) is 6.87. The van der Waals surface area contributed by atoms with Gasteiger partial charge in [-0.25, -0.2) is 0 Å². The van der Waals surface area contributed by atoms with Gasteiger partial charge in [0, 0.05) is 19.0 Å². The van der Waals surface area contributed by atoms with Crippen molar-refractivity contribution in [3.05, 3.63) is 12.2 Å². The summed E-state index contributed by atoms with van der Waals surface area (Å²) in [5.41, 5.74) is 0. The molecule has 1 aromatic heterocycles. The Bertz CT molecular complexity index is 184. The van der Waals surface area contributed by atoms with Crippen LogP contribution in [0, 0.1) is 0 Å². The highest BCUT2D eigenvalue weighted by Crippen LogP contribution is 1.88. The molecule has 0 unspecified atom stereocenters. The lowest BCUT2D eigenvalue weighted by molar-refractivity contribution is 0.408. The molecule has 0 saturated carbocycles. The van der Waals surface area contributed by atoms with Crippen LogP contribution in [-0.4, -0.2) is 22.7 Å². The quantitative estimate of drug-likeness (QED) is 0.692. The summed E-state index contributed by atoms with van der Waals surface area (Å²) >= 11 is 0. The predicted molar refractivity (Wildman–Crippen MR) is 41.1 cm³/mol. The molecule has 62 valence electrons. The van der Waals surface area contributed by atoms with E-state index < -0.39 is 0 Å². The van der Waals surface area contributed by atoms with Gasteiger partial charge in [-0.2, -0.15) is 4.98 Å². The van der Waals surface area contributed by atoms with Gasteiger partial charge in [0.15, 0.2) is 5.82 Å². The lowest BCUT2D eigenvalue weighted by Crippen LogP contribution is -2.25. The number of nitrogens with one attached hydrogen (secondary N) is 1. The summed E-state index contributed by atoms with van der Waals surface area (Å²) in [6, 6.07) is 0.516. The van der Waals surface area contributed by atoms with Gasteiger partial charge in [-0.1, -0.05) is 19.0 Å². The molecular formula is C7H13N3O. The summed E-state index contributed by atoms with van der Waals surface area (Å²) in [5.74, 6) is 0.762. The van der Waals surface area contributed by atoms with Crippen LogP contribution in [0.25, 0.3) is 0 Å². The highest BCUT2D eigenvalue weighted by molar-refractivity contribution is 4.78. The Kier molecular flexibility index (Phi) is 3.04. The molecular weight excluding hydrogens is 142 g/mol. The fourth-order valence-electron chi connectivity index (χ4n) is 0.775. The Labute approximate surface area is 66.0 Å². The van der Waals surface area contributed by atoms with Crippen LogP contribution < -0.4 is 5.32 Å². The molecule has 1 aromatic rings. The third-order valence-electron chi connectivity index (χ3n) is 1.31. The third-order valence-corrected chi connectivity index (χ3v) is 1.31. The Morgan fingerprint density at radius 3 is 3.00 bits per heavy atom. The van der Waals surface area contributed by atoms with Gasteiger partial charge in [-0.05, 0) is 0 Å². The van der Waals surface area contributed by atoms with Crippen molar-refractivity contribution in [3.63, 3.8) is 0 Å². The molecule has 0 aliphatic heterocycles. The molecule has 0 aliphatic rings. The molecule has 1 N–H and O–H groups in total. The summed E-state index contributed by atoms with van der Waals surface area (Å²) in [7, 11) is 0. The van der Waals surface area contributed by atoms with Crippen molar-refractivity contribution < 1.29 is 4.52 Å². The molecule has 0 aliphatic carbocycles. The summed E-state index contributed by atoms with van der Waals surface area (Å²) in [4.78, 5) is 3.90. The van der Waals surface area contributed by atoms with E-state index >= 15 is 0 Å². The lowest BCUT2D eigenvalue weighted by atomic mass is 10.3. The summed E-state index contributed by atoms with van der Waals surface area (Å²) < 4.78 is 4.58. The van der Waals surface area contributed by atoms with E-state index in [1.165, 1.54) is 6.39 Å². The zero-order chi connectivity index (χ0) is 8.10. The van der Waals surface area contributed by atoms with Gasteiger partial charge in [0.2, 0.25) is 6.39 Å². The van der Waals surface area contributed by atoms with Gasteiger partial charge in [0.25, 0.3) is 0 Å². The van der Waals surface area contributed by atoms with E-state index in [9.17, 15) is 0 Å². The lowest BCUT2D eigenvalue weighted by Gasteiger charge is -2.04. The first kappa shape index (κ1) is 8.20. The van der Waals surface area contributed by atoms with Gasteiger partial charge in [-0.3, -0.25) is 0 Å². The molecule has 1 rings (SSSR count). The number of nitrogens with zero attached hydrogens (tertiary/aromatic N) is 2. The maximum absolute atomic E-state index is 4.58. The number of aromatic nitrogens is 2. The fourth-order valence-corrected chi connectivity index (χ4v) is 0.775. The van der Waals surface area contributed by atoms with Gasteiger partial charge >= 0.3 is 0 Å². The smallest absolute Gasteiger partial charge is 0.213 e. The van der Waals surface area contributed by atoms with Gasteiger partial charge in [0.1, 0.15) is 0 Å². The standard InChI is InChI=1S/C7H13N3O/c1-6(2)8-4-3-7-9-5-11-10-7/h5-6,8H,3-4H2,1-2H3. The first-order valence-electron chi connectivity index (χ1n) is 3.77. The van der Waals surface area contributed by atoms with Crippen molar-refractivity contribution in [2.75, 3.05) is 6.54 Å². The van der Waals surface area contributed by atoms with Gasteiger partial charge in [-0.15, -0.1) is 0 Å². The second kappa shape index (κ2) is 4.08. The van der Waals surface area contributed by atoms with Crippen LogP contribution in [0.3, 0.4) is 0 Å². The highest BCUT2D eigenvalue weighted by atomic mass is 16.5. The maximum atomic E-state index is 4.58. The highest BCUT2D eigenvalue weighted by Gasteiger charge is 1.97. The van der Waals surface area contributed by atoms with Gasteiger partial charge in [0.05, 0.1) is 0 Å². The van der Waals surface area contributed by atoms with Crippen LogP contribution in [0.2, 0.25) is 0 Å². The van der Waals surface area contributed by atoms with Crippen molar-refractivity contribution in [1.29, 1.82) is 0 Å². The number of hydrogen-bond donors (Lipinski definition) is 1. The largest absolute Gasteiger partial charge is 0.343 e. The Morgan fingerprint density at radius 1 is 1.64 bits per heavy atom. The predicted octanol–water partition coefficient (Wildman–Crippen LogP) is 0.610. The van der Waals surface area contributed by atoms with E-state index in [0.717, 1.165) is 18.8 Å². The fraction of sp³-hybridized carbons (Fsp3) is 0.714. The summed E-state index contributed by atoms with van der Waals surface area (Å²) in [6.07, 6.45) is 2.18. The third kappa shape index (κ3) is 3.13. The molecule has 11 heavy (non-hydrogen) atoms. The van der Waals surface area contributed by atoms with E-state index in [4.69, 9.17) is 0 Å². The Morgan fingerprint density at radius 2 is 2.45 bits per heavy atom. The maximum Gasteiger partial charge on any atom is 0.213 e. The first-order valence-corrected chi connectivity index (χ1v) is 3.77. The molecule has 4 nitrogen and oxygen atoms in total. The van der Waals surface area contributed by atoms with Crippen LogP contribution in [0.15, 0.2) is 10.9 Å². The van der Waals surface area contributed by atoms with E-state index in [1.54, 1.807) is 0 Å². The topological polar surface area (TPSA) is 51.0 Å². The van der Waals surface area contributed by atoms with Crippen LogP contribution in [0.1, 0.15) is 19.7 Å². The summed E-state index contributed by atoms with van der Waals surface area (Å²) in [6.45, 7) is 5.11. The van der Waals surface area contributed by atoms with Crippen molar-refractivity contribution in [3.8, 4) is 0 Å². The van der Waals surface area contributed by atoms with E-state index in [1.807, 2.05) is 0 Å². The molecule has 0 bridgehead atoms. The number of hydrogen-bond acceptors (Lipinski definition) is 4. The monoisotopic (exact) mass is 155 g/mol. The zero-order valence-electron chi connectivity index (χ0n) is 6.87. The molecule has 0 aromatic carbocycles. The second-order valence-corrected chi connectivity index (χ2v) is 2.71. The van der Waals surface area contributed by atoms with Crippen LogP contribution in [-0.2, 0) is 6.42 Å². The number of rotatable bonds is 4. The van der Waals surface area contributed by atoms with Crippen LogP contribution in [0.5, 0.6) is 0 Å². The van der Waals surface area contributed by atoms with Crippen molar-refractivity contribution in [2.45, 2.75) is 26.3 Å². The molecule has 0 atom stereocenters. The molecule has 0 saturated heterocycles. The van der Waals surface area contributed by atoms with Crippen LogP contribution in [0.4, 0.5) is 0 Å². The average Bonchev–Trinajstić information content (AvgIpc) is 2.39. The second-order valence-electron chi connectivity index (χ2n) is 2.71. The average molecular weight is 155 g/mol. The minimum Gasteiger partial charge on any atom is -0.343 e. The Hall–Kier alpha value is -0.900. The van der Waals surface area contributed by atoms with E-state index in [0.29, 0.717) is 6.04 Å². The van der Waals surface area contributed by atoms with E-state index in [-0.39, 0.29) is 0 Å². The molecule has 0 radical (unpaired) electrons. The normalized spacial score (nSPS) is 10.8.